The molecule has 0 fully saturated rings. The highest BCUT2D eigenvalue weighted by molar-refractivity contribution is 5.57. The Morgan fingerprint density at radius 2 is 1.76 bits per heavy atom. The van der Waals surface area contributed by atoms with Gasteiger partial charge in [-0.3, -0.25) is 10.1 Å². The molecule has 0 aliphatic carbocycles. The first-order chi connectivity index (χ1) is 10.1. The number of nitro benzene ring substituents is 1. The molecule has 0 amide bonds. The van der Waals surface area contributed by atoms with Gasteiger partial charge in [-0.15, -0.1) is 0 Å². The van der Waals surface area contributed by atoms with Crippen molar-refractivity contribution < 1.29 is 19.6 Å². The van der Waals surface area contributed by atoms with Gasteiger partial charge < -0.3 is 9.84 Å². The van der Waals surface area contributed by atoms with E-state index in [4.69, 9.17) is 9.84 Å². The van der Waals surface area contributed by atoms with E-state index in [1.807, 2.05) is 6.07 Å². The van der Waals surface area contributed by atoms with Gasteiger partial charge in [-0.2, -0.15) is 0 Å². The van der Waals surface area contributed by atoms with Crippen LogP contribution in [0.3, 0.4) is 0 Å². The van der Waals surface area contributed by atoms with E-state index in [0.29, 0.717) is 6.42 Å². The Hall–Kier alpha value is -2.89. The highest BCUT2D eigenvalue weighted by Crippen LogP contribution is 2.23. The average Bonchev–Trinajstić information content (AvgIpc) is 2.47. The van der Waals surface area contributed by atoms with Gasteiger partial charge in [-0.25, -0.2) is 4.79 Å². The summed E-state index contributed by atoms with van der Waals surface area (Å²) >= 11 is 0. The molecular weight excluding hydrogens is 274 g/mol. The van der Waals surface area contributed by atoms with Crippen LogP contribution in [0, 0.1) is 10.1 Å². The van der Waals surface area contributed by atoms with Crippen LogP contribution in [0.1, 0.15) is 17.2 Å². The Kier molecular flexibility index (Phi) is 4.50. The van der Waals surface area contributed by atoms with Crippen LogP contribution in [0.4, 0.5) is 10.5 Å². The molecule has 6 heteroatoms. The molecule has 1 atom stereocenters. The minimum Gasteiger partial charge on any atom is -0.450 e. The Balaban J connectivity index is 2.18. The zero-order valence-corrected chi connectivity index (χ0v) is 11.0. The molecule has 0 bridgehead atoms. The van der Waals surface area contributed by atoms with Crippen LogP contribution in [0.2, 0.25) is 0 Å². The second kappa shape index (κ2) is 6.51. The zero-order chi connectivity index (χ0) is 15.2. The minimum absolute atomic E-state index is 0.00540. The van der Waals surface area contributed by atoms with Gasteiger partial charge in [0.15, 0.2) is 0 Å². The Bertz CT molecular complexity index is 624. The second-order valence-corrected chi connectivity index (χ2v) is 4.41. The number of benzene rings is 2. The topological polar surface area (TPSA) is 89.7 Å². The number of ether oxygens (including phenoxy) is 1. The number of nitrogens with zero attached hydrogens (tertiary/aromatic N) is 1. The molecular formula is C15H13NO5. The number of carboxylic acid groups (broad SMARTS) is 1. The molecule has 0 radical (unpaired) electrons. The molecule has 2 rings (SSSR count). The molecule has 2 aromatic rings. The molecule has 1 N–H and O–H groups in total. The smallest absolute Gasteiger partial charge is 0.450 e. The van der Waals surface area contributed by atoms with Gasteiger partial charge >= 0.3 is 6.16 Å². The van der Waals surface area contributed by atoms with Crippen molar-refractivity contribution in [3.63, 3.8) is 0 Å². The number of hydrogen-bond donors (Lipinski definition) is 1. The largest absolute Gasteiger partial charge is 0.506 e. The Labute approximate surface area is 120 Å². The summed E-state index contributed by atoms with van der Waals surface area (Å²) < 4.78 is 4.90. The summed E-state index contributed by atoms with van der Waals surface area (Å²) in [6.07, 6.45) is -1.69. The number of carbonyl (C=O) groups is 1. The van der Waals surface area contributed by atoms with Gasteiger partial charge in [0, 0.05) is 18.6 Å². The number of non-ortho nitro benzene ring substituents is 1. The summed E-state index contributed by atoms with van der Waals surface area (Å²) in [5.41, 5.74) is 1.49. The van der Waals surface area contributed by atoms with Crippen molar-refractivity contribution in [3.05, 3.63) is 75.8 Å². The van der Waals surface area contributed by atoms with Gasteiger partial charge in [0.1, 0.15) is 6.10 Å². The Morgan fingerprint density at radius 1 is 1.14 bits per heavy atom. The summed E-state index contributed by atoms with van der Waals surface area (Å²) in [6.45, 7) is 0. The summed E-state index contributed by atoms with van der Waals surface area (Å²) in [6, 6.07) is 14.9. The van der Waals surface area contributed by atoms with E-state index in [1.165, 1.54) is 12.1 Å². The van der Waals surface area contributed by atoms with Gasteiger partial charge in [0.2, 0.25) is 0 Å². The van der Waals surface area contributed by atoms with Crippen molar-refractivity contribution in [1.29, 1.82) is 0 Å². The first-order valence-electron chi connectivity index (χ1n) is 6.24. The molecule has 108 valence electrons. The van der Waals surface area contributed by atoms with Crippen molar-refractivity contribution in [1.82, 2.24) is 0 Å². The third-order valence-electron chi connectivity index (χ3n) is 2.98. The monoisotopic (exact) mass is 287 g/mol. The summed E-state index contributed by atoms with van der Waals surface area (Å²) in [5.74, 6) is 0. The summed E-state index contributed by atoms with van der Waals surface area (Å²) in [4.78, 5) is 20.9. The molecule has 21 heavy (non-hydrogen) atoms. The van der Waals surface area contributed by atoms with E-state index < -0.39 is 17.2 Å². The third-order valence-corrected chi connectivity index (χ3v) is 2.98. The first kappa shape index (κ1) is 14.5. The van der Waals surface area contributed by atoms with Crippen molar-refractivity contribution in [2.45, 2.75) is 12.5 Å². The SMILES string of the molecule is O=C(O)OC(Cc1ccc([N+](=O)[O-])cc1)c1ccccc1. The molecule has 0 aromatic heterocycles. The number of hydrogen-bond acceptors (Lipinski definition) is 4. The lowest BCUT2D eigenvalue weighted by Crippen LogP contribution is -2.12. The highest BCUT2D eigenvalue weighted by atomic mass is 16.7. The zero-order valence-electron chi connectivity index (χ0n) is 11.0. The summed E-state index contributed by atoms with van der Waals surface area (Å²) in [5, 5.41) is 19.4. The lowest BCUT2D eigenvalue weighted by molar-refractivity contribution is -0.384. The molecule has 0 heterocycles. The number of nitro groups is 1. The highest BCUT2D eigenvalue weighted by Gasteiger charge is 2.17. The molecule has 0 aliphatic heterocycles. The van der Waals surface area contributed by atoms with Crippen molar-refractivity contribution in [3.8, 4) is 0 Å². The fourth-order valence-corrected chi connectivity index (χ4v) is 1.98. The molecule has 1 unspecified atom stereocenters. The van der Waals surface area contributed by atoms with Gasteiger partial charge in [-0.05, 0) is 11.1 Å². The van der Waals surface area contributed by atoms with Crippen molar-refractivity contribution >= 4 is 11.8 Å². The fraction of sp³-hybridized carbons (Fsp3) is 0.133. The standard InChI is InChI=1S/C15H13NO5/c17-15(18)21-14(12-4-2-1-3-5-12)10-11-6-8-13(9-7-11)16(19)20/h1-9,14H,10H2,(H,17,18). The minimum atomic E-state index is -1.36. The van der Waals surface area contributed by atoms with E-state index in [0.717, 1.165) is 11.1 Å². The molecule has 0 spiro atoms. The van der Waals surface area contributed by atoms with Gasteiger partial charge in [-0.1, -0.05) is 42.5 Å². The second-order valence-electron chi connectivity index (χ2n) is 4.41. The molecule has 6 nitrogen and oxygen atoms in total. The van der Waals surface area contributed by atoms with E-state index >= 15 is 0 Å². The van der Waals surface area contributed by atoms with Crippen molar-refractivity contribution in [2.75, 3.05) is 0 Å². The first-order valence-corrected chi connectivity index (χ1v) is 6.24. The third kappa shape index (κ3) is 4.04. The van der Waals surface area contributed by atoms with Gasteiger partial charge in [0.05, 0.1) is 4.92 Å². The van der Waals surface area contributed by atoms with E-state index in [9.17, 15) is 14.9 Å². The maximum atomic E-state index is 10.8. The molecule has 0 saturated heterocycles. The lowest BCUT2D eigenvalue weighted by atomic mass is 10.0. The summed E-state index contributed by atoms with van der Waals surface area (Å²) in [7, 11) is 0. The van der Waals surface area contributed by atoms with E-state index in [1.54, 1.807) is 36.4 Å². The van der Waals surface area contributed by atoms with Crippen LogP contribution in [0.25, 0.3) is 0 Å². The Morgan fingerprint density at radius 3 is 2.29 bits per heavy atom. The number of rotatable bonds is 5. The van der Waals surface area contributed by atoms with Crippen LogP contribution in [0.5, 0.6) is 0 Å². The quantitative estimate of drug-likeness (QED) is 0.515. The van der Waals surface area contributed by atoms with E-state index in [-0.39, 0.29) is 5.69 Å². The van der Waals surface area contributed by atoms with E-state index in [2.05, 4.69) is 0 Å². The maximum absolute atomic E-state index is 10.8. The maximum Gasteiger partial charge on any atom is 0.506 e. The van der Waals surface area contributed by atoms with Crippen LogP contribution >= 0.6 is 0 Å². The fourth-order valence-electron chi connectivity index (χ4n) is 1.98. The average molecular weight is 287 g/mol. The van der Waals surface area contributed by atoms with Crippen LogP contribution < -0.4 is 0 Å². The molecule has 0 aliphatic rings. The lowest BCUT2D eigenvalue weighted by Gasteiger charge is -2.16. The van der Waals surface area contributed by atoms with Crippen LogP contribution in [-0.2, 0) is 11.2 Å². The molecule has 2 aromatic carbocycles. The van der Waals surface area contributed by atoms with Gasteiger partial charge in [0.25, 0.3) is 5.69 Å². The predicted octanol–water partition coefficient (Wildman–Crippen LogP) is 3.57. The van der Waals surface area contributed by atoms with Crippen LogP contribution in [0.15, 0.2) is 54.6 Å². The van der Waals surface area contributed by atoms with Crippen molar-refractivity contribution in [2.24, 2.45) is 0 Å². The normalized spacial score (nSPS) is 11.6. The predicted molar refractivity (Wildman–Crippen MR) is 75.1 cm³/mol. The van der Waals surface area contributed by atoms with Crippen LogP contribution in [-0.4, -0.2) is 16.2 Å². The molecule has 0 saturated carbocycles.